The fourth-order valence-corrected chi connectivity index (χ4v) is 1.29. The first-order valence-electron chi connectivity index (χ1n) is 3.30. The van der Waals surface area contributed by atoms with Crippen LogP contribution in [-0.4, -0.2) is 30.7 Å². The number of carboxylic acid groups (broad SMARTS) is 1. The molecule has 0 amide bonds. The molecule has 0 saturated carbocycles. The van der Waals surface area contributed by atoms with Gasteiger partial charge in [-0.05, 0) is 12.1 Å². The van der Waals surface area contributed by atoms with E-state index in [1.165, 1.54) is 12.1 Å². The van der Waals surface area contributed by atoms with Gasteiger partial charge in [-0.2, -0.15) is 0 Å². The molecule has 1 rings (SSSR count). The van der Waals surface area contributed by atoms with Crippen LogP contribution in [0, 0.1) is 0 Å². The number of rotatable bonds is 2. The Hall–Kier alpha value is -1.43. The second kappa shape index (κ2) is 3.14. The second-order valence-electron chi connectivity index (χ2n) is 2.46. The minimum Gasteiger partial charge on any atom is -0.478 e. The molecule has 0 spiro atoms. The summed E-state index contributed by atoms with van der Waals surface area (Å²) in [7, 11) is -3.35. The average molecular weight is 201 g/mol. The number of carboxylic acids is 1. The van der Waals surface area contributed by atoms with Crippen molar-refractivity contribution in [2.75, 3.05) is 6.26 Å². The van der Waals surface area contributed by atoms with E-state index in [1.807, 2.05) is 0 Å². The molecule has 13 heavy (non-hydrogen) atoms. The molecule has 1 heterocycles. The predicted molar refractivity (Wildman–Crippen MR) is 44.3 cm³/mol. The van der Waals surface area contributed by atoms with E-state index < -0.39 is 15.8 Å². The summed E-state index contributed by atoms with van der Waals surface area (Å²) in [5, 5.41) is 8.36. The van der Waals surface area contributed by atoms with Gasteiger partial charge < -0.3 is 5.11 Å². The Bertz CT molecular complexity index is 420. The van der Waals surface area contributed by atoms with Crippen LogP contribution in [-0.2, 0) is 9.84 Å². The Morgan fingerprint density at radius 2 is 2.08 bits per heavy atom. The van der Waals surface area contributed by atoms with E-state index in [1.54, 1.807) is 0 Å². The van der Waals surface area contributed by atoms with E-state index in [2.05, 4.69) is 4.98 Å². The van der Waals surface area contributed by atoms with Crippen LogP contribution < -0.4 is 0 Å². The van der Waals surface area contributed by atoms with Crippen LogP contribution in [0.25, 0.3) is 0 Å². The Morgan fingerprint density at radius 1 is 1.46 bits per heavy atom. The first-order valence-corrected chi connectivity index (χ1v) is 5.20. The molecule has 0 fully saturated rings. The molecule has 0 aliphatic rings. The number of hydrogen-bond acceptors (Lipinski definition) is 4. The van der Waals surface area contributed by atoms with Crippen molar-refractivity contribution in [1.29, 1.82) is 0 Å². The van der Waals surface area contributed by atoms with Crippen LogP contribution >= 0.6 is 0 Å². The Morgan fingerprint density at radius 3 is 2.38 bits per heavy atom. The van der Waals surface area contributed by atoms with Gasteiger partial charge >= 0.3 is 5.97 Å². The van der Waals surface area contributed by atoms with Gasteiger partial charge in [0.05, 0.1) is 5.56 Å². The lowest BCUT2D eigenvalue weighted by Crippen LogP contribution is -2.03. The smallest absolute Gasteiger partial charge is 0.337 e. The number of sulfone groups is 1. The molecule has 0 saturated heterocycles. The van der Waals surface area contributed by atoms with Crippen molar-refractivity contribution in [3.05, 3.63) is 23.9 Å². The number of hydrogen-bond donors (Lipinski definition) is 1. The zero-order valence-electron chi connectivity index (χ0n) is 6.76. The highest BCUT2D eigenvalue weighted by molar-refractivity contribution is 7.90. The van der Waals surface area contributed by atoms with Crippen LogP contribution in [0.2, 0.25) is 0 Å². The van der Waals surface area contributed by atoms with Crippen LogP contribution in [0.15, 0.2) is 23.4 Å². The van der Waals surface area contributed by atoms with Gasteiger partial charge in [0.2, 0.25) is 0 Å². The van der Waals surface area contributed by atoms with Gasteiger partial charge in [-0.25, -0.2) is 18.2 Å². The highest BCUT2D eigenvalue weighted by atomic mass is 32.2. The fourth-order valence-electron chi connectivity index (χ4n) is 0.726. The SMILES string of the molecule is CS(=O)(=O)c1ccc(C(=O)O)cn1. The standard InChI is InChI=1S/C7H7NO4S/c1-13(11,12)6-3-2-5(4-8-6)7(9)10/h2-4H,1H3,(H,9,10). The monoisotopic (exact) mass is 201 g/mol. The molecular formula is C7H7NO4S. The van der Waals surface area contributed by atoms with Gasteiger partial charge in [0.15, 0.2) is 14.9 Å². The molecule has 1 aromatic rings. The third kappa shape index (κ3) is 2.25. The van der Waals surface area contributed by atoms with E-state index >= 15 is 0 Å². The summed E-state index contributed by atoms with van der Waals surface area (Å²) in [4.78, 5) is 13.9. The molecule has 0 atom stereocenters. The van der Waals surface area contributed by atoms with E-state index in [4.69, 9.17) is 5.11 Å². The highest BCUT2D eigenvalue weighted by Crippen LogP contribution is 2.05. The first-order chi connectivity index (χ1) is 5.91. The molecule has 1 aromatic heterocycles. The summed E-state index contributed by atoms with van der Waals surface area (Å²) in [5.41, 5.74) is -0.0348. The van der Waals surface area contributed by atoms with Crippen molar-refractivity contribution in [3.63, 3.8) is 0 Å². The molecule has 0 radical (unpaired) electrons. The van der Waals surface area contributed by atoms with Crippen LogP contribution in [0.1, 0.15) is 10.4 Å². The maximum atomic E-state index is 10.9. The summed E-state index contributed by atoms with van der Waals surface area (Å²) in [6.07, 6.45) is 2.02. The number of carbonyl (C=O) groups is 1. The predicted octanol–water partition coefficient (Wildman–Crippen LogP) is 0.183. The summed E-state index contributed by atoms with van der Waals surface area (Å²) < 4.78 is 21.8. The molecule has 0 aromatic carbocycles. The number of pyridine rings is 1. The summed E-state index contributed by atoms with van der Waals surface area (Å²) in [6.45, 7) is 0. The van der Waals surface area contributed by atoms with Gasteiger partial charge in [-0.15, -0.1) is 0 Å². The third-order valence-corrected chi connectivity index (χ3v) is 2.36. The number of aromatic nitrogens is 1. The summed E-state index contributed by atoms with van der Waals surface area (Å²) in [5.74, 6) is -1.13. The lowest BCUT2D eigenvalue weighted by molar-refractivity contribution is 0.0696. The maximum absolute atomic E-state index is 10.9. The van der Waals surface area contributed by atoms with Crippen LogP contribution in [0.3, 0.4) is 0 Å². The lowest BCUT2D eigenvalue weighted by atomic mass is 10.3. The molecule has 0 aliphatic carbocycles. The molecule has 0 aliphatic heterocycles. The minimum absolute atomic E-state index is 0.0348. The number of aromatic carboxylic acids is 1. The fraction of sp³-hybridized carbons (Fsp3) is 0.143. The highest BCUT2D eigenvalue weighted by Gasteiger charge is 2.09. The Balaban J connectivity index is 3.16. The van der Waals surface area contributed by atoms with E-state index in [9.17, 15) is 13.2 Å². The van der Waals surface area contributed by atoms with E-state index in [-0.39, 0.29) is 10.6 Å². The number of nitrogens with zero attached hydrogens (tertiary/aromatic N) is 1. The molecule has 5 nitrogen and oxygen atoms in total. The van der Waals surface area contributed by atoms with Crippen molar-refractivity contribution in [2.45, 2.75) is 5.03 Å². The maximum Gasteiger partial charge on any atom is 0.337 e. The lowest BCUT2D eigenvalue weighted by Gasteiger charge is -1.96. The quantitative estimate of drug-likeness (QED) is 0.738. The zero-order chi connectivity index (χ0) is 10.1. The normalized spacial score (nSPS) is 11.2. The van der Waals surface area contributed by atoms with Crippen LogP contribution in [0.4, 0.5) is 0 Å². The van der Waals surface area contributed by atoms with Gasteiger partial charge in [0.25, 0.3) is 0 Å². The second-order valence-corrected chi connectivity index (χ2v) is 4.43. The molecular weight excluding hydrogens is 194 g/mol. The molecule has 0 bridgehead atoms. The van der Waals surface area contributed by atoms with Crippen LogP contribution in [0.5, 0.6) is 0 Å². The van der Waals surface area contributed by atoms with Crippen molar-refractivity contribution < 1.29 is 18.3 Å². The summed E-state index contributed by atoms with van der Waals surface area (Å²) >= 11 is 0. The molecule has 70 valence electrons. The van der Waals surface area contributed by atoms with Gasteiger partial charge in [-0.3, -0.25) is 0 Å². The Labute approximate surface area is 75.0 Å². The third-order valence-electron chi connectivity index (χ3n) is 1.36. The topological polar surface area (TPSA) is 84.3 Å². The van der Waals surface area contributed by atoms with Gasteiger partial charge in [0, 0.05) is 12.5 Å². The summed E-state index contributed by atoms with van der Waals surface area (Å²) in [6, 6.07) is 2.37. The van der Waals surface area contributed by atoms with Crippen molar-refractivity contribution in [2.24, 2.45) is 0 Å². The minimum atomic E-state index is -3.35. The molecule has 1 N–H and O–H groups in total. The van der Waals surface area contributed by atoms with Gasteiger partial charge in [-0.1, -0.05) is 0 Å². The average Bonchev–Trinajstić information content (AvgIpc) is 2.03. The Kier molecular flexibility index (Phi) is 2.33. The van der Waals surface area contributed by atoms with Crippen molar-refractivity contribution in [1.82, 2.24) is 4.98 Å². The largest absolute Gasteiger partial charge is 0.478 e. The molecule has 0 unspecified atom stereocenters. The van der Waals surface area contributed by atoms with E-state index in [0.29, 0.717) is 0 Å². The zero-order valence-corrected chi connectivity index (χ0v) is 7.58. The molecule has 6 heteroatoms. The first kappa shape index (κ1) is 9.66. The van der Waals surface area contributed by atoms with Crippen molar-refractivity contribution in [3.8, 4) is 0 Å². The van der Waals surface area contributed by atoms with Crippen molar-refractivity contribution >= 4 is 15.8 Å². The van der Waals surface area contributed by atoms with Gasteiger partial charge in [0.1, 0.15) is 0 Å². The van der Waals surface area contributed by atoms with E-state index in [0.717, 1.165) is 12.5 Å².